The topological polar surface area (TPSA) is 53.4 Å². The Hall–Kier alpha value is -2.50. The number of aromatic nitrogens is 1. The fourth-order valence-electron chi connectivity index (χ4n) is 2.86. The van der Waals surface area contributed by atoms with Gasteiger partial charge in [-0.1, -0.05) is 42.5 Å². The van der Waals surface area contributed by atoms with E-state index in [0.29, 0.717) is 18.5 Å². The molecule has 0 aliphatic rings. The standard InChI is InChI=1S/C22H24N2O2S/c1-15-16(2)27-21(23-15)18-10-7-11-19(14-18)22(26)24(3)13-12-20(25)17-8-5-4-6-9-17/h4-11,14,20,25H,12-13H2,1-3H3/t20-/m0/s1. The number of aliphatic hydroxyl groups excluding tert-OH is 1. The molecule has 5 heteroatoms. The summed E-state index contributed by atoms with van der Waals surface area (Å²) >= 11 is 1.64. The first-order valence-corrected chi connectivity index (χ1v) is 9.80. The van der Waals surface area contributed by atoms with Gasteiger partial charge in [-0.25, -0.2) is 4.98 Å². The van der Waals surface area contributed by atoms with Gasteiger partial charge in [-0.05, 0) is 38.0 Å². The molecule has 0 saturated carbocycles. The molecule has 1 heterocycles. The van der Waals surface area contributed by atoms with Crippen molar-refractivity contribution in [2.45, 2.75) is 26.4 Å². The lowest BCUT2D eigenvalue weighted by molar-refractivity contribution is 0.0761. The van der Waals surface area contributed by atoms with Crippen LogP contribution in [-0.2, 0) is 0 Å². The van der Waals surface area contributed by atoms with Crippen LogP contribution in [0.25, 0.3) is 10.6 Å². The van der Waals surface area contributed by atoms with Crippen molar-refractivity contribution in [3.05, 3.63) is 76.3 Å². The number of nitrogens with zero attached hydrogens (tertiary/aromatic N) is 2. The van der Waals surface area contributed by atoms with Crippen LogP contribution in [0, 0.1) is 13.8 Å². The molecule has 0 spiro atoms. The van der Waals surface area contributed by atoms with E-state index in [0.717, 1.165) is 21.8 Å². The second-order valence-corrected chi connectivity index (χ2v) is 7.89. The molecule has 140 valence electrons. The van der Waals surface area contributed by atoms with Gasteiger partial charge in [0.2, 0.25) is 0 Å². The summed E-state index contributed by atoms with van der Waals surface area (Å²) in [5.41, 5.74) is 3.49. The Morgan fingerprint density at radius 3 is 2.56 bits per heavy atom. The van der Waals surface area contributed by atoms with Gasteiger partial charge in [0.25, 0.3) is 5.91 Å². The van der Waals surface area contributed by atoms with E-state index in [1.165, 1.54) is 4.88 Å². The Balaban J connectivity index is 1.67. The Bertz CT molecular complexity index is 902. The number of aryl methyl sites for hydroxylation is 2. The zero-order valence-electron chi connectivity index (χ0n) is 15.8. The van der Waals surface area contributed by atoms with Crippen LogP contribution in [0.4, 0.5) is 0 Å². The van der Waals surface area contributed by atoms with Crippen molar-refractivity contribution < 1.29 is 9.90 Å². The monoisotopic (exact) mass is 380 g/mol. The van der Waals surface area contributed by atoms with E-state index in [-0.39, 0.29) is 5.91 Å². The number of benzene rings is 2. The Kier molecular flexibility index (Phi) is 6.04. The Morgan fingerprint density at radius 2 is 1.89 bits per heavy atom. The number of carbonyl (C=O) groups is 1. The van der Waals surface area contributed by atoms with Crippen LogP contribution in [0.5, 0.6) is 0 Å². The first-order valence-electron chi connectivity index (χ1n) is 8.98. The van der Waals surface area contributed by atoms with Crippen molar-refractivity contribution in [3.63, 3.8) is 0 Å². The third-order valence-electron chi connectivity index (χ3n) is 4.65. The zero-order chi connectivity index (χ0) is 19.4. The van der Waals surface area contributed by atoms with Crippen LogP contribution in [-0.4, -0.2) is 34.5 Å². The maximum absolute atomic E-state index is 12.8. The largest absolute Gasteiger partial charge is 0.388 e. The predicted octanol–water partition coefficient (Wildman–Crippen LogP) is 4.62. The lowest BCUT2D eigenvalue weighted by Crippen LogP contribution is -2.28. The molecule has 1 aromatic heterocycles. The average Bonchev–Trinajstić information content (AvgIpc) is 3.04. The molecular formula is C22H24N2O2S. The maximum atomic E-state index is 12.8. The molecular weight excluding hydrogens is 356 g/mol. The molecule has 27 heavy (non-hydrogen) atoms. The zero-order valence-corrected chi connectivity index (χ0v) is 16.7. The molecule has 0 unspecified atom stereocenters. The van der Waals surface area contributed by atoms with Gasteiger partial charge in [-0.2, -0.15) is 0 Å². The maximum Gasteiger partial charge on any atom is 0.253 e. The Morgan fingerprint density at radius 1 is 1.15 bits per heavy atom. The number of hydrogen-bond donors (Lipinski definition) is 1. The van der Waals surface area contributed by atoms with Crippen molar-refractivity contribution in [1.82, 2.24) is 9.88 Å². The first kappa shape index (κ1) is 19.3. The van der Waals surface area contributed by atoms with E-state index >= 15 is 0 Å². The van der Waals surface area contributed by atoms with Gasteiger partial charge < -0.3 is 10.0 Å². The third kappa shape index (κ3) is 4.62. The predicted molar refractivity (Wildman–Crippen MR) is 110 cm³/mol. The lowest BCUT2D eigenvalue weighted by Gasteiger charge is -2.20. The number of thiazole rings is 1. The molecule has 3 aromatic rings. The van der Waals surface area contributed by atoms with Crippen LogP contribution in [0.3, 0.4) is 0 Å². The van der Waals surface area contributed by atoms with Gasteiger partial charge in [0.1, 0.15) is 5.01 Å². The molecule has 0 saturated heterocycles. The van der Waals surface area contributed by atoms with Gasteiger partial charge >= 0.3 is 0 Å². The minimum atomic E-state index is -0.575. The molecule has 1 N–H and O–H groups in total. The van der Waals surface area contributed by atoms with Gasteiger partial charge in [0, 0.05) is 29.6 Å². The Labute approximate surface area is 164 Å². The number of carbonyl (C=O) groups excluding carboxylic acids is 1. The smallest absolute Gasteiger partial charge is 0.253 e. The van der Waals surface area contributed by atoms with E-state index in [2.05, 4.69) is 11.9 Å². The second-order valence-electron chi connectivity index (χ2n) is 6.68. The van der Waals surface area contributed by atoms with E-state index in [4.69, 9.17) is 0 Å². The van der Waals surface area contributed by atoms with Crippen molar-refractivity contribution >= 4 is 17.2 Å². The lowest BCUT2D eigenvalue weighted by atomic mass is 10.1. The fourth-order valence-corrected chi connectivity index (χ4v) is 3.77. The summed E-state index contributed by atoms with van der Waals surface area (Å²) in [5, 5.41) is 11.2. The van der Waals surface area contributed by atoms with Crippen LogP contribution in [0.15, 0.2) is 54.6 Å². The minimum absolute atomic E-state index is 0.0536. The first-order chi connectivity index (χ1) is 13.0. The number of hydrogen-bond acceptors (Lipinski definition) is 4. The van der Waals surface area contributed by atoms with Gasteiger partial charge in [0.05, 0.1) is 11.8 Å². The summed E-state index contributed by atoms with van der Waals surface area (Å²) in [7, 11) is 1.77. The second kappa shape index (κ2) is 8.46. The highest BCUT2D eigenvalue weighted by atomic mass is 32.1. The molecule has 1 atom stereocenters. The number of rotatable bonds is 6. The van der Waals surface area contributed by atoms with E-state index in [1.54, 1.807) is 23.3 Å². The highest BCUT2D eigenvalue weighted by Crippen LogP contribution is 2.28. The van der Waals surface area contributed by atoms with Crippen LogP contribution in [0.2, 0.25) is 0 Å². The average molecular weight is 381 g/mol. The van der Waals surface area contributed by atoms with Crippen LogP contribution >= 0.6 is 11.3 Å². The molecule has 3 rings (SSSR count). The van der Waals surface area contributed by atoms with Crippen molar-refractivity contribution in [2.24, 2.45) is 0 Å². The summed E-state index contributed by atoms with van der Waals surface area (Å²) in [5.74, 6) is -0.0536. The number of aliphatic hydroxyl groups is 1. The van der Waals surface area contributed by atoms with Crippen molar-refractivity contribution in [1.29, 1.82) is 0 Å². The molecule has 2 aromatic carbocycles. The highest BCUT2D eigenvalue weighted by molar-refractivity contribution is 7.15. The molecule has 4 nitrogen and oxygen atoms in total. The van der Waals surface area contributed by atoms with E-state index in [1.807, 2.05) is 61.5 Å². The number of amides is 1. The van der Waals surface area contributed by atoms with Crippen LogP contribution in [0.1, 0.15) is 39.0 Å². The molecule has 0 aliphatic heterocycles. The summed E-state index contributed by atoms with van der Waals surface area (Å²) in [6.45, 7) is 4.53. The third-order valence-corrected chi connectivity index (χ3v) is 5.78. The van der Waals surface area contributed by atoms with Gasteiger partial charge in [0.15, 0.2) is 0 Å². The summed E-state index contributed by atoms with van der Waals surface area (Å²) in [6, 6.07) is 17.1. The van der Waals surface area contributed by atoms with Crippen molar-refractivity contribution in [2.75, 3.05) is 13.6 Å². The quantitative estimate of drug-likeness (QED) is 0.679. The minimum Gasteiger partial charge on any atom is -0.388 e. The molecule has 0 aliphatic carbocycles. The molecule has 0 radical (unpaired) electrons. The van der Waals surface area contributed by atoms with Crippen molar-refractivity contribution in [3.8, 4) is 10.6 Å². The van der Waals surface area contributed by atoms with Gasteiger partial charge in [-0.3, -0.25) is 4.79 Å². The SMILES string of the molecule is Cc1nc(-c2cccc(C(=O)N(C)CC[C@H](O)c3ccccc3)c2)sc1C. The van der Waals surface area contributed by atoms with E-state index < -0.39 is 6.10 Å². The molecule has 0 fully saturated rings. The normalized spacial score (nSPS) is 12.0. The van der Waals surface area contributed by atoms with Crippen LogP contribution < -0.4 is 0 Å². The molecule has 1 amide bonds. The van der Waals surface area contributed by atoms with E-state index in [9.17, 15) is 9.90 Å². The summed E-state index contributed by atoms with van der Waals surface area (Å²) in [6.07, 6.45) is -0.0781. The summed E-state index contributed by atoms with van der Waals surface area (Å²) in [4.78, 5) is 20.2. The molecule has 0 bridgehead atoms. The highest BCUT2D eigenvalue weighted by Gasteiger charge is 2.16. The fraction of sp³-hybridized carbons (Fsp3) is 0.273. The van der Waals surface area contributed by atoms with Gasteiger partial charge in [-0.15, -0.1) is 11.3 Å². The summed E-state index contributed by atoms with van der Waals surface area (Å²) < 4.78 is 0.